The third-order valence-electron chi connectivity index (χ3n) is 2.95. The number of rotatable bonds is 4. The van der Waals surface area contributed by atoms with Gasteiger partial charge in [-0.05, 0) is 44.1 Å². The van der Waals surface area contributed by atoms with E-state index in [1.807, 2.05) is 13.1 Å². The number of benzene rings is 1. The Morgan fingerprint density at radius 3 is 2.88 bits per heavy atom. The number of nitrogens with one attached hydrogen (secondary N) is 2. The summed E-state index contributed by atoms with van der Waals surface area (Å²) in [5, 5.41) is 4.39. The molecule has 0 fully saturated rings. The van der Waals surface area contributed by atoms with Gasteiger partial charge in [-0.1, -0.05) is 6.07 Å². The molecule has 0 aliphatic heterocycles. The molecule has 86 valence electrons. The molecule has 2 rings (SSSR count). The Balaban J connectivity index is 2.54. The molecule has 1 heterocycles. The number of likely N-dealkylation sites (N-methyl/N-ethyl adjacent to an activating group) is 1. The Labute approximate surface area is 95.8 Å². The molecule has 3 heteroatoms. The van der Waals surface area contributed by atoms with Crippen molar-refractivity contribution in [2.45, 2.75) is 13.3 Å². The molecule has 0 unspecified atom stereocenters. The van der Waals surface area contributed by atoms with E-state index in [1.165, 1.54) is 22.0 Å². The van der Waals surface area contributed by atoms with Crippen LogP contribution in [-0.4, -0.2) is 25.7 Å². The summed E-state index contributed by atoms with van der Waals surface area (Å²) in [6.07, 6.45) is 3.09. The summed E-state index contributed by atoms with van der Waals surface area (Å²) in [7, 11) is 3.69. The van der Waals surface area contributed by atoms with E-state index in [-0.39, 0.29) is 0 Å². The monoisotopic (exact) mass is 218 g/mol. The smallest absolute Gasteiger partial charge is 0.128 e. The van der Waals surface area contributed by atoms with Crippen molar-refractivity contribution in [2.24, 2.45) is 0 Å². The number of aromatic amines is 1. The molecule has 0 bridgehead atoms. The van der Waals surface area contributed by atoms with Gasteiger partial charge in [0, 0.05) is 11.6 Å². The van der Waals surface area contributed by atoms with Crippen molar-refractivity contribution < 1.29 is 4.74 Å². The van der Waals surface area contributed by atoms with Gasteiger partial charge >= 0.3 is 0 Å². The zero-order valence-electron chi connectivity index (χ0n) is 10.1. The van der Waals surface area contributed by atoms with Crippen LogP contribution in [0, 0.1) is 6.92 Å². The van der Waals surface area contributed by atoms with Crippen molar-refractivity contribution in [3.8, 4) is 5.75 Å². The maximum Gasteiger partial charge on any atom is 0.128 e. The predicted molar refractivity (Wildman–Crippen MR) is 67.2 cm³/mol. The minimum Gasteiger partial charge on any atom is -0.496 e. The second kappa shape index (κ2) is 4.58. The third kappa shape index (κ3) is 1.78. The van der Waals surface area contributed by atoms with E-state index in [0.29, 0.717) is 0 Å². The van der Waals surface area contributed by atoms with Gasteiger partial charge in [-0.3, -0.25) is 0 Å². The molecular weight excluding hydrogens is 200 g/mol. The number of hydrogen-bond acceptors (Lipinski definition) is 2. The lowest BCUT2D eigenvalue weighted by Crippen LogP contribution is -2.10. The first-order valence-electron chi connectivity index (χ1n) is 5.56. The largest absolute Gasteiger partial charge is 0.496 e. The van der Waals surface area contributed by atoms with Gasteiger partial charge in [-0.2, -0.15) is 0 Å². The van der Waals surface area contributed by atoms with Crippen LogP contribution >= 0.6 is 0 Å². The highest BCUT2D eigenvalue weighted by atomic mass is 16.5. The van der Waals surface area contributed by atoms with Crippen LogP contribution in [-0.2, 0) is 6.42 Å². The molecule has 0 spiro atoms. The molecule has 0 radical (unpaired) electrons. The molecule has 0 saturated carbocycles. The number of aromatic nitrogens is 1. The van der Waals surface area contributed by atoms with Crippen molar-refractivity contribution >= 4 is 10.9 Å². The maximum absolute atomic E-state index is 5.42. The molecule has 0 atom stereocenters. The lowest BCUT2D eigenvalue weighted by atomic mass is 10.1. The summed E-state index contributed by atoms with van der Waals surface area (Å²) in [6, 6.07) is 4.12. The van der Waals surface area contributed by atoms with Gasteiger partial charge in [-0.15, -0.1) is 0 Å². The Kier molecular flexibility index (Phi) is 3.15. The van der Waals surface area contributed by atoms with Crippen LogP contribution in [0.1, 0.15) is 11.1 Å². The molecule has 2 N–H and O–H groups in total. The summed E-state index contributed by atoms with van der Waals surface area (Å²) >= 11 is 0. The van der Waals surface area contributed by atoms with Crippen molar-refractivity contribution in [1.82, 2.24) is 10.3 Å². The number of aryl methyl sites for hydroxylation is 1. The fourth-order valence-corrected chi connectivity index (χ4v) is 2.05. The minimum absolute atomic E-state index is 0.952. The number of H-pyrrole nitrogens is 1. The Bertz CT molecular complexity index is 488. The minimum atomic E-state index is 0.952. The Hall–Kier alpha value is -1.48. The van der Waals surface area contributed by atoms with E-state index in [0.717, 1.165) is 18.7 Å². The molecule has 1 aromatic carbocycles. The molecule has 3 nitrogen and oxygen atoms in total. The van der Waals surface area contributed by atoms with Crippen molar-refractivity contribution in [3.05, 3.63) is 29.5 Å². The normalized spacial score (nSPS) is 10.9. The van der Waals surface area contributed by atoms with Crippen molar-refractivity contribution in [2.75, 3.05) is 20.7 Å². The highest BCUT2D eigenvalue weighted by Gasteiger charge is 2.10. The second-order valence-electron chi connectivity index (χ2n) is 4.00. The summed E-state index contributed by atoms with van der Waals surface area (Å²) in [4.78, 5) is 3.33. The van der Waals surface area contributed by atoms with E-state index in [9.17, 15) is 0 Å². The van der Waals surface area contributed by atoms with Crippen LogP contribution in [0.3, 0.4) is 0 Å². The summed E-state index contributed by atoms with van der Waals surface area (Å²) < 4.78 is 5.42. The first-order valence-corrected chi connectivity index (χ1v) is 5.56. The third-order valence-corrected chi connectivity index (χ3v) is 2.95. The molecule has 0 amide bonds. The average molecular weight is 218 g/mol. The molecular formula is C13H18N2O. The fourth-order valence-electron chi connectivity index (χ4n) is 2.05. The van der Waals surface area contributed by atoms with Gasteiger partial charge in [0.15, 0.2) is 0 Å². The highest BCUT2D eigenvalue weighted by Crippen LogP contribution is 2.30. The summed E-state index contributed by atoms with van der Waals surface area (Å²) in [5.41, 5.74) is 3.75. The Morgan fingerprint density at radius 2 is 2.19 bits per heavy atom. The summed E-state index contributed by atoms with van der Waals surface area (Å²) in [6.45, 7) is 3.09. The van der Waals surface area contributed by atoms with E-state index >= 15 is 0 Å². The Morgan fingerprint density at radius 1 is 1.38 bits per heavy atom. The molecule has 16 heavy (non-hydrogen) atoms. The SMILES string of the molecule is CNCCc1c[nH]c2c(C)ccc(OC)c12. The van der Waals surface area contributed by atoms with Crippen LogP contribution in [0.5, 0.6) is 5.75 Å². The van der Waals surface area contributed by atoms with Gasteiger partial charge in [0.2, 0.25) is 0 Å². The van der Waals surface area contributed by atoms with Crippen LogP contribution in [0.2, 0.25) is 0 Å². The van der Waals surface area contributed by atoms with Gasteiger partial charge in [-0.25, -0.2) is 0 Å². The van der Waals surface area contributed by atoms with Gasteiger partial charge in [0.25, 0.3) is 0 Å². The number of fused-ring (bicyclic) bond motifs is 1. The van der Waals surface area contributed by atoms with Crippen LogP contribution in [0.25, 0.3) is 10.9 Å². The van der Waals surface area contributed by atoms with Crippen LogP contribution < -0.4 is 10.1 Å². The lowest BCUT2D eigenvalue weighted by Gasteiger charge is -2.06. The number of methoxy groups -OCH3 is 1. The zero-order chi connectivity index (χ0) is 11.5. The van der Waals surface area contributed by atoms with Crippen LogP contribution in [0.4, 0.5) is 0 Å². The second-order valence-corrected chi connectivity index (χ2v) is 4.00. The van der Waals surface area contributed by atoms with E-state index < -0.39 is 0 Å². The molecule has 0 aliphatic rings. The molecule has 1 aromatic heterocycles. The first kappa shape index (κ1) is 11.0. The topological polar surface area (TPSA) is 37.0 Å². The quantitative estimate of drug-likeness (QED) is 0.826. The van der Waals surface area contributed by atoms with Gasteiger partial charge < -0.3 is 15.0 Å². The fraction of sp³-hybridized carbons (Fsp3) is 0.385. The van der Waals surface area contributed by atoms with Crippen LogP contribution in [0.15, 0.2) is 18.3 Å². The first-order chi connectivity index (χ1) is 7.77. The molecule has 2 aromatic rings. The standard InChI is InChI=1S/C13H18N2O/c1-9-4-5-11(16-3)12-10(6-7-14-2)8-15-13(9)12/h4-5,8,14-15H,6-7H2,1-3H3. The van der Waals surface area contributed by atoms with E-state index in [4.69, 9.17) is 4.74 Å². The van der Waals surface area contributed by atoms with Crippen molar-refractivity contribution in [3.63, 3.8) is 0 Å². The zero-order valence-corrected chi connectivity index (χ0v) is 10.1. The molecule has 0 aliphatic carbocycles. The van der Waals surface area contributed by atoms with E-state index in [2.05, 4.69) is 29.5 Å². The predicted octanol–water partition coefficient (Wildman–Crippen LogP) is 2.25. The molecule has 0 saturated heterocycles. The van der Waals surface area contributed by atoms with Gasteiger partial charge in [0.1, 0.15) is 5.75 Å². The van der Waals surface area contributed by atoms with Gasteiger partial charge in [0.05, 0.1) is 12.6 Å². The maximum atomic E-state index is 5.42. The average Bonchev–Trinajstić information content (AvgIpc) is 2.72. The summed E-state index contributed by atoms with van der Waals surface area (Å²) in [5.74, 6) is 0.952. The number of hydrogen-bond donors (Lipinski definition) is 2. The van der Waals surface area contributed by atoms with E-state index in [1.54, 1.807) is 7.11 Å². The lowest BCUT2D eigenvalue weighted by molar-refractivity contribution is 0.419. The van der Waals surface area contributed by atoms with Crippen molar-refractivity contribution in [1.29, 1.82) is 0 Å². The highest BCUT2D eigenvalue weighted by molar-refractivity contribution is 5.91. The number of ether oxygens (including phenoxy) is 1.